The van der Waals surface area contributed by atoms with E-state index in [-0.39, 0.29) is 5.97 Å². The molecule has 0 N–H and O–H groups in total. The van der Waals surface area contributed by atoms with Gasteiger partial charge in [0.05, 0.1) is 12.7 Å². The highest BCUT2D eigenvalue weighted by molar-refractivity contribution is 5.91. The summed E-state index contributed by atoms with van der Waals surface area (Å²) >= 11 is 0. The number of benzene rings is 2. The Morgan fingerprint density at radius 1 is 1.09 bits per heavy atom. The van der Waals surface area contributed by atoms with Crippen LogP contribution in [-0.2, 0) is 4.74 Å². The third-order valence-corrected chi connectivity index (χ3v) is 3.78. The maximum atomic E-state index is 11.6. The molecule has 0 aliphatic carbocycles. The highest BCUT2D eigenvalue weighted by Crippen LogP contribution is 2.30. The van der Waals surface area contributed by atoms with E-state index in [2.05, 4.69) is 26.0 Å². The lowest BCUT2D eigenvalue weighted by molar-refractivity contribution is 0.0601. The van der Waals surface area contributed by atoms with Gasteiger partial charge in [0.2, 0.25) is 0 Å². The van der Waals surface area contributed by atoms with E-state index in [9.17, 15) is 4.79 Å². The molecule has 0 aliphatic rings. The van der Waals surface area contributed by atoms with Crippen molar-refractivity contribution in [2.45, 2.75) is 19.8 Å². The lowest BCUT2D eigenvalue weighted by Crippen LogP contribution is -2.00. The van der Waals surface area contributed by atoms with Crippen molar-refractivity contribution in [2.24, 2.45) is 0 Å². The van der Waals surface area contributed by atoms with Crippen molar-refractivity contribution >= 4 is 16.9 Å². The third kappa shape index (κ3) is 2.62. The van der Waals surface area contributed by atoms with Crippen molar-refractivity contribution < 1.29 is 13.9 Å². The van der Waals surface area contributed by atoms with Gasteiger partial charge in [-0.15, -0.1) is 0 Å². The number of furan rings is 1. The summed E-state index contributed by atoms with van der Waals surface area (Å²) in [6, 6.07) is 15.5. The molecule has 0 atom stereocenters. The van der Waals surface area contributed by atoms with Gasteiger partial charge in [0.25, 0.3) is 0 Å². The molecule has 0 spiro atoms. The summed E-state index contributed by atoms with van der Waals surface area (Å²) < 4.78 is 10.7. The van der Waals surface area contributed by atoms with Gasteiger partial charge in [-0.25, -0.2) is 4.79 Å². The van der Waals surface area contributed by atoms with E-state index in [1.807, 2.05) is 24.3 Å². The quantitative estimate of drug-likeness (QED) is 0.637. The van der Waals surface area contributed by atoms with Gasteiger partial charge in [-0.05, 0) is 41.8 Å². The SMILES string of the molecule is COC(=O)c1cccc(-c2cc3cc(C(C)C)ccc3o2)c1. The first-order valence-electron chi connectivity index (χ1n) is 7.30. The average molecular weight is 294 g/mol. The van der Waals surface area contributed by atoms with Crippen LogP contribution in [0.3, 0.4) is 0 Å². The molecule has 0 unspecified atom stereocenters. The number of fused-ring (bicyclic) bond motifs is 1. The molecule has 0 amide bonds. The summed E-state index contributed by atoms with van der Waals surface area (Å²) in [7, 11) is 1.38. The summed E-state index contributed by atoms with van der Waals surface area (Å²) in [5.41, 5.74) is 3.51. The van der Waals surface area contributed by atoms with Crippen LogP contribution < -0.4 is 0 Å². The van der Waals surface area contributed by atoms with Gasteiger partial charge in [0.15, 0.2) is 0 Å². The maximum absolute atomic E-state index is 11.6. The van der Waals surface area contributed by atoms with E-state index in [1.54, 1.807) is 12.1 Å². The van der Waals surface area contributed by atoms with Crippen molar-refractivity contribution in [3.63, 3.8) is 0 Å². The minimum absolute atomic E-state index is 0.347. The summed E-state index contributed by atoms with van der Waals surface area (Å²) in [4.78, 5) is 11.6. The number of hydrogen-bond donors (Lipinski definition) is 0. The Bertz CT molecular complexity index is 828. The largest absolute Gasteiger partial charge is 0.465 e. The fourth-order valence-corrected chi connectivity index (χ4v) is 2.48. The van der Waals surface area contributed by atoms with Crippen LogP contribution in [-0.4, -0.2) is 13.1 Å². The first-order valence-corrected chi connectivity index (χ1v) is 7.30. The smallest absolute Gasteiger partial charge is 0.337 e. The number of carbonyl (C=O) groups is 1. The van der Waals surface area contributed by atoms with Crippen LogP contribution in [0.2, 0.25) is 0 Å². The van der Waals surface area contributed by atoms with Gasteiger partial charge in [-0.1, -0.05) is 32.0 Å². The van der Waals surface area contributed by atoms with Crippen LogP contribution in [0.5, 0.6) is 0 Å². The predicted molar refractivity (Wildman–Crippen MR) is 87.1 cm³/mol. The molecular weight excluding hydrogens is 276 g/mol. The molecule has 0 saturated heterocycles. The lowest BCUT2D eigenvalue weighted by Gasteiger charge is -2.03. The molecule has 3 heteroatoms. The second-order valence-electron chi connectivity index (χ2n) is 5.64. The normalized spacial score (nSPS) is 11.1. The monoisotopic (exact) mass is 294 g/mol. The topological polar surface area (TPSA) is 39.4 Å². The van der Waals surface area contributed by atoms with E-state index in [1.165, 1.54) is 12.7 Å². The number of esters is 1. The number of ether oxygens (including phenoxy) is 1. The van der Waals surface area contributed by atoms with E-state index >= 15 is 0 Å². The Morgan fingerprint density at radius 2 is 1.91 bits per heavy atom. The fraction of sp³-hybridized carbons (Fsp3) is 0.211. The van der Waals surface area contributed by atoms with E-state index in [0.717, 1.165) is 22.3 Å². The molecule has 2 aromatic carbocycles. The molecule has 0 bridgehead atoms. The van der Waals surface area contributed by atoms with Crippen LogP contribution in [0, 0.1) is 0 Å². The van der Waals surface area contributed by atoms with Crippen molar-refractivity contribution in [2.75, 3.05) is 7.11 Å². The number of rotatable bonds is 3. The summed E-state index contributed by atoms with van der Waals surface area (Å²) in [6.45, 7) is 4.34. The van der Waals surface area contributed by atoms with Crippen LogP contribution >= 0.6 is 0 Å². The highest BCUT2D eigenvalue weighted by atomic mass is 16.5. The number of methoxy groups -OCH3 is 1. The Kier molecular flexibility index (Phi) is 3.72. The van der Waals surface area contributed by atoms with E-state index in [0.29, 0.717) is 11.5 Å². The van der Waals surface area contributed by atoms with Crippen LogP contribution in [0.15, 0.2) is 52.9 Å². The molecule has 0 aliphatic heterocycles. The van der Waals surface area contributed by atoms with Crippen LogP contribution in [0.4, 0.5) is 0 Å². The Hall–Kier alpha value is -2.55. The first kappa shape index (κ1) is 14.4. The van der Waals surface area contributed by atoms with Gasteiger partial charge in [-0.2, -0.15) is 0 Å². The molecule has 3 rings (SSSR count). The summed E-state index contributed by atoms with van der Waals surface area (Å²) in [5, 5.41) is 1.07. The lowest BCUT2D eigenvalue weighted by atomic mass is 10.0. The first-order chi connectivity index (χ1) is 10.6. The average Bonchev–Trinajstić information content (AvgIpc) is 2.97. The van der Waals surface area contributed by atoms with Gasteiger partial charge in [0.1, 0.15) is 11.3 Å². The minimum atomic E-state index is -0.347. The molecule has 0 radical (unpaired) electrons. The molecule has 0 saturated carbocycles. The second-order valence-corrected chi connectivity index (χ2v) is 5.64. The number of carbonyl (C=O) groups excluding carboxylic acids is 1. The van der Waals surface area contributed by atoms with Crippen LogP contribution in [0.1, 0.15) is 35.7 Å². The van der Waals surface area contributed by atoms with Gasteiger partial charge in [0, 0.05) is 10.9 Å². The fourth-order valence-electron chi connectivity index (χ4n) is 2.48. The maximum Gasteiger partial charge on any atom is 0.337 e. The molecule has 3 nitrogen and oxygen atoms in total. The third-order valence-electron chi connectivity index (χ3n) is 3.78. The predicted octanol–water partition coefficient (Wildman–Crippen LogP) is 5.01. The molecule has 1 aromatic heterocycles. The Labute approximate surface area is 129 Å². The van der Waals surface area contributed by atoms with E-state index in [4.69, 9.17) is 9.15 Å². The Balaban J connectivity index is 2.05. The molecule has 1 heterocycles. The molecule has 0 fully saturated rings. The Morgan fingerprint density at radius 3 is 2.64 bits per heavy atom. The van der Waals surface area contributed by atoms with Gasteiger partial charge < -0.3 is 9.15 Å². The summed E-state index contributed by atoms with van der Waals surface area (Å²) in [5.74, 6) is 0.882. The van der Waals surface area contributed by atoms with Gasteiger partial charge >= 0.3 is 5.97 Å². The second kappa shape index (κ2) is 5.68. The standard InChI is InChI=1S/C19H18O3/c1-12(2)13-7-8-17-16(9-13)11-18(22-17)14-5-4-6-15(10-14)19(20)21-3/h4-12H,1-3H3. The minimum Gasteiger partial charge on any atom is -0.465 e. The highest BCUT2D eigenvalue weighted by Gasteiger charge is 2.11. The van der Waals surface area contributed by atoms with E-state index < -0.39 is 0 Å². The molecule has 3 aromatic rings. The summed E-state index contributed by atoms with van der Waals surface area (Å²) in [6.07, 6.45) is 0. The zero-order valence-corrected chi connectivity index (χ0v) is 12.9. The van der Waals surface area contributed by atoms with Crippen LogP contribution in [0.25, 0.3) is 22.3 Å². The molecule has 22 heavy (non-hydrogen) atoms. The van der Waals surface area contributed by atoms with Crippen molar-refractivity contribution in [3.8, 4) is 11.3 Å². The van der Waals surface area contributed by atoms with Crippen molar-refractivity contribution in [3.05, 3.63) is 59.7 Å². The molecule has 112 valence electrons. The van der Waals surface area contributed by atoms with Crippen molar-refractivity contribution in [1.82, 2.24) is 0 Å². The van der Waals surface area contributed by atoms with Crippen molar-refractivity contribution in [1.29, 1.82) is 0 Å². The van der Waals surface area contributed by atoms with Gasteiger partial charge in [-0.3, -0.25) is 0 Å². The molecular formula is C19H18O3. The zero-order chi connectivity index (χ0) is 15.7. The zero-order valence-electron chi connectivity index (χ0n) is 12.9. The number of hydrogen-bond acceptors (Lipinski definition) is 3.